The Morgan fingerprint density at radius 2 is 1.91 bits per heavy atom. The Hall–Kier alpha value is -1.91. The van der Waals surface area contributed by atoms with Crippen LogP contribution < -0.4 is 5.32 Å². The summed E-state index contributed by atoms with van der Waals surface area (Å²) < 4.78 is 26.5. The minimum absolute atomic E-state index is 0.0120. The van der Waals surface area contributed by atoms with Crippen LogP contribution in [0, 0.1) is 0 Å². The lowest BCUT2D eigenvalue weighted by Crippen LogP contribution is -2.40. The van der Waals surface area contributed by atoms with E-state index in [1.807, 2.05) is 30.5 Å². The largest absolute Gasteiger partial charge is 0.364 e. The first-order valence-corrected chi connectivity index (χ1v) is 8.21. The van der Waals surface area contributed by atoms with Crippen molar-refractivity contribution in [2.75, 3.05) is 6.67 Å². The van der Waals surface area contributed by atoms with Gasteiger partial charge in [-0.1, -0.05) is 30.3 Å². The lowest BCUT2D eigenvalue weighted by molar-refractivity contribution is -0.0492. The molecule has 3 rings (SSSR count). The van der Waals surface area contributed by atoms with Gasteiger partial charge in [0.1, 0.15) is 12.5 Å². The van der Waals surface area contributed by atoms with E-state index < -0.39 is 5.92 Å². The van der Waals surface area contributed by atoms with Crippen molar-refractivity contribution in [2.24, 2.45) is 4.99 Å². The summed E-state index contributed by atoms with van der Waals surface area (Å²) in [4.78, 5) is 6.62. The Bertz CT molecular complexity index is 573. The average Bonchev–Trinajstić information content (AvgIpc) is 2.56. The Kier molecular flexibility index (Phi) is 4.64. The van der Waals surface area contributed by atoms with Crippen LogP contribution in [0.5, 0.6) is 0 Å². The molecule has 1 heterocycles. The third-order valence-electron chi connectivity index (χ3n) is 4.65. The topological polar surface area (TPSA) is 27.6 Å². The summed E-state index contributed by atoms with van der Waals surface area (Å²) in [7, 11) is 0. The van der Waals surface area contributed by atoms with Crippen LogP contribution in [0.25, 0.3) is 0 Å². The number of nitrogens with zero attached hydrogens (tertiary/aromatic N) is 2. The average molecular weight is 319 g/mol. The molecule has 5 heteroatoms. The molecule has 0 aromatic heterocycles. The molecule has 1 aromatic carbocycles. The van der Waals surface area contributed by atoms with Crippen LogP contribution in [0.3, 0.4) is 0 Å². The van der Waals surface area contributed by atoms with E-state index in [-0.39, 0.29) is 24.9 Å². The molecule has 3 nitrogen and oxygen atoms in total. The second-order valence-corrected chi connectivity index (χ2v) is 6.38. The van der Waals surface area contributed by atoms with Crippen molar-refractivity contribution in [3.8, 4) is 0 Å². The Morgan fingerprint density at radius 3 is 2.52 bits per heavy atom. The zero-order chi connectivity index (χ0) is 16.3. The molecule has 1 unspecified atom stereocenters. The molecule has 1 atom stereocenters. The maximum atomic E-state index is 13.2. The molecule has 2 aliphatic rings. The van der Waals surface area contributed by atoms with Crippen LogP contribution in [0.15, 0.2) is 47.6 Å². The third-order valence-corrected chi connectivity index (χ3v) is 4.65. The summed E-state index contributed by atoms with van der Waals surface area (Å²) >= 11 is 0. The molecular formula is C18H23F2N3. The molecule has 0 radical (unpaired) electrons. The Balaban J connectivity index is 1.52. The van der Waals surface area contributed by atoms with Crippen LogP contribution in [0.2, 0.25) is 0 Å². The molecule has 1 fully saturated rings. The van der Waals surface area contributed by atoms with Crippen molar-refractivity contribution < 1.29 is 8.78 Å². The van der Waals surface area contributed by atoms with Gasteiger partial charge < -0.3 is 10.2 Å². The maximum Gasteiger partial charge on any atom is 0.248 e. The smallest absolute Gasteiger partial charge is 0.248 e. The van der Waals surface area contributed by atoms with E-state index in [9.17, 15) is 8.78 Å². The van der Waals surface area contributed by atoms with Crippen LogP contribution in [-0.2, 0) is 0 Å². The minimum Gasteiger partial charge on any atom is -0.364 e. The zero-order valence-electron chi connectivity index (χ0n) is 13.4. The number of rotatable bonds is 3. The highest BCUT2D eigenvalue weighted by Crippen LogP contribution is 2.35. The predicted octanol–water partition coefficient (Wildman–Crippen LogP) is 4.10. The summed E-state index contributed by atoms with van der Waals surface area (Å²) in [6, 6.07) is 10.6. The predicted molar refractivity (Wildman–Crippen MR) is 88.5 cm³/mol. The molecule has 1 aromatic rings. The molecule has 1 N–H and O–H groups in total. The van der Waals surface area contributed by atoms with Gasteiger partial charge in [-0.2, -0.15) is 0 Å². The van der Waals surface area contributed by atoms with Crippen LogP contribution >= 0.6 is 0 Å². The summed E-state index contributed by atoms with van der Waals surface area (Å²) in [6.07, 6.45) is 4.98. The lowest BCUT2D eigenvalue weighted by atomic mass is 9.91. The van der Waals surface area contributed by atoms with Crippen molar-refractivity contribution in [1.82, 2.24) is 10.2 Å². The third kappa shape index (κ3) is 4.09. The van der Waals surface area contributed by atoms with Gasteiger partial charge >= 0.3 is 0 Å². The molecular weight excluding hydrogens is 296 g/mol. The monoisotopic (exact) mass is 319 g/mol. The van der Waals surface area contributed by atoms with Gasteiger partial charge in [0.25, 0.3) is 0 Å². The van der Waals surface area contributed by atoms with Crippen molar-refractivity contribution in [3.63, 3.8) is 0 Å². The molecule has 0 amide bonds. The summed E-state index contributed by atoms with van der Waals surface area (Å²) in [5, 5.41) is 3.39. The van der Waals surface area contributed by atoms with E-state index in [1.165, 1.54) is 5.56 Å². The quantitative estimate of drug-likeness (QED) is 0.908. The highest BCUT2D eigenvalue weighted by Gasteiger charge is 2.36. The molecule has 1 aliphatic heterocycles. The van der Waals surface area contributed by atoms with Gasteiger partial charge in [-0.3, -0.25) is 0 Å². The first-order valence-electron chi connectivity index (χ1n) is 8.21. The fourth-order valence-electron chi connectivity index (χ4n) is 3.16. The fourth-order valence-corrected chi connectivity index (χ4v) is 3.16. The van der Waals surface area contributed by atoms with Crippen molar-refractivity contribution >= 4 is 5.84 Å². The van der Waals surface area contributed by atoms with Crippen LogP contribution in [0.1, 0.15) is 44.2 Å². The molecule has 23 heavy (non-hydrogen) atoms. The Morgan fingerprint density at radius 1 is 1.22 bits per heavy atom. The number of halogens is 2. The minimum atomic E-state index is -2.48. The van der Waals surface area contributed by atoms with Gasteiger partial charge in [-0.25, -0.2) is 13.8 Å². The van der Waals surface area contributed by atoms with Gasteiger partial charge in [0.05, 0.1) is 0 Å². The summed E-state index contributed by atoms with van der Waals surface area (Å²) in [5.41, 5.74) is 1.21. The number of nitrogens with one attached hydrogen (secondary N) is 1. The first kappa shape index (κ1) is 16.0. The van der Waals surface area contributed by atoms with Gasteiger partial charge in [-0.15, -0.1) is 0 Å². The first-order chi connectivity index (χ1) is 11.0. The molecule has 0 spiro atoms. The van der Waals surface area contributed by atoms with E-state index in [4.69, 9.17) is 0 Å². The number of hydrogen-bond acceptors (Lipinski definition) is 3. The highest BCUT2D eigenvalue weighted by molar-refractivity contribution is 5.93. The van der Waals surface area contributed by atoms with Crippen LogP contribution in [0.4, 0.5) is 8.78 Å². The van der Waals surface area contributed by atoms with Crippen LogP contribution in [-0.4, -0.2) is 29.4 Å². The fraction of sp³-hybridized carbons (Fsp3) is 0.500. The number of alkyl halides is 2. The van der Waals surface area contributed by atoms with E-state index in [1.54, 1.807) is 0 Å². The second kappa shape index (κ2) is 6.69. The molecule has 0 saturated heterocycles. The van der Waals surface area contributed by atoms with Crippen molar-refractivity contribution in [2.45, 2.75) is 50.6 Å². The second-order valence-electron chi connectivity index (χ2n) is 6.38. The van der Waals surface area contributed by atoms with Gasteiger partial charge in [0.2, 0.25) is 5.92 Å². The van der Waals surface area contributed by atoms with E-state index >= 15 is 0 Å². The molecule has 1 saturated carbocycles. The number of aliphatic imine (C=N–C) groups is 1. The lowest BCUT2D eigenvalue weighted by Gasteiger charge is -2.36. The zero-order valence-corrected chi connectivity index (χ0v) is 13.4. The van der Waals surface area contributed by atoms with E-state index in [2.05, 4.69) is 34.3 Å². The normalized spacial score (nSPS) is 22.6. The van der Waals surface area contributed by atoms with Crippen molar-refractivity contribution in [3.05, 3.63) is 48.2 Å². The maximum absolute atomic E-state index is 13.2. The summed E-state index contributed by atoms with van der Waals surface area (Å²) in [5.74, 6) is -1.63. The molecule has 124 valence electrons. The number of hydrogen-bond donors (Lipinski definition) is 1. The standard InChI is InChI=1S/C18H23F2N3/c1-14(15-5-3-2-4-6-15)22-17-9-12-23(13-21-17)16-7-10-18(19,20)11-8-16/h2-6,9,12,14,16H,7-8,10-11,13H2,1H3,(H,21,22). The van der Waals surface area contributed by atoms with Crippen molar-refractivity contribution in [1.29, 1.82) is 0 Å². The summed E-state index contributed by atoms with van der Waals surface area (Å²) in [6.45, 7) is 2.64. The SMILES string of the molecule is CC(NC1=NCN(C2CCC(F)(F)CC2)C=C1)c1ccccc1. The van der Waals surface area contributed by atoms with Gasteiger partial charge in [-0.05, 0) is 31.4 Å². The van der Waals surface area contributed by atoms with E-state index in [0.29, 0.717) is 19.5 Å². The number of amidine groups is 1. The molecule has 0 bridgehead atoms. The molecule has 1 aliphatic carbocycles. The highest BCUT2D eigenvalue weighted by atomic mass is 19.3. The van der Waals surface area contributed by atoms with Gasteiger partial charge in [0, 0.05) is 31.1 Å². The van der Waals surface area contributed by atoms with Gasteiger partial charge in [0.15, 0.2) is 0 Å². The van der Waals surface area contributed by atoms with E-state index in [0.717, 1.165) is 5.84 Å². The number of benzene rings is 1. The Labute approximate surface area is 136 Å².